The van der Waals surface area contributed by atoms with Crippen LogP contribution < -0.4 is 0 Å². The van der Waals surface area contributed by atoms with Crippen LogP contribution in [0.2, 0.25) is 0 Å². The maximum atomic E-state index is 9.08. The van der Waals surface area contributed by atoms with Crippen LogP contribution in [-0.2, 0) is 5.41 Å². The van der Waals surface area contributed by atoms with Crippen LogP contribution in [0.5, 0.6) is 5.75 Å². The van der Waals surface area contributed by atoms with Gasteiger partial charge >= 0.3 is 0 Å². The minimum absolute atomic E-state index is 0.236. The van der Waals surface area contributed by atoms with E-state index >= 15 is 0 Å². The second-order valence-electron chi connectivity index (χ2n) is 3.34. The molecular formula is C11H13NO. The molecule has 0 spiro atoms. The van der Waals surface area contributed by atoms with Crippen molar-refractivity contribution >= 4 is 0 Å². The summed E-state index contributed by atoms with van der Waals surface area (Å²) in [6.07, 6.45) is 0.772. The van der Waals surface area contributed by atoms with Gasteiger partial charge in [0, 0.05) is 0 Å². The van der Waals surface area contributed by atoms with E-state index in [1.807, 2.05) is 13.8 Å². The molecule has 1 atom stereocenters. The molecule has 1 rings (SSSR count). The van der Waals surface area contributed by atoms with Gasteiger partial charge in [0.25, 0.3) is 0 Å². The first-order valence-corrected chi connectivity index (χ1v) is 4.33. The SMILES string of the molecule is CCC(C)(C#N)c1ccc(O)cc1. The standard InChI is InChI=1S/C11H13NO/c1-3-11(2,8-12)9-4-6-10(13)7-5-9/h4-7,13H,3H2,1-2H3. The van der Waals surface area contributed by atoms with Gasteiger partial charge in [-0.15, -0.1) is 0 Å². The van der Waals surface area contributed by atoms with Crippen molar-refractivity contribution in [3.05, 3.63) is 29.8 Å². The molecule has 0 aliphatic rings. The van der Waals surface area contributed by atoms with Crippen LogP contribution in [0, 0.1) is 11.3 Å². The van der Waals surface area contributed by atoms with E-state index in [-0.39, 0.29) is 5.75 Å². The summed E-state index contributed by atoms with van der Waals surface area (Å²) in [5.74, 6) is 0.236. The molecule has 0 saturated heterocycles. The van der Waals surface area contributed by atoms with Crippen LogP contribution in [0.4, 0.5) is 0 Å². The zero-order valence-corrected chi connectivity index (χ0v) is 7.91. The molecule has 1 aromatic carbocycles. The molecule has 0 heterocycles. The number of nitriles is 1. The number of phenols is 1. The molecule has 68 valence electrons. The molecular weight excluding hydrogens is 162 g/mol. The normalized spacial score (nSPS) is 14.5. The van der Waals surface area contributed by atoms with E-state index in [1.165, 1.54) is 0 Å². The van der Waals surface area contributed by atoms with Gasteiger partial charge in [0.15, 0.2) is 0 Å². The lowest BCUT2D eigenvalue weighted by molar-refractivity contribution is 0.474. The molecule has 2 heteroatoms. The van der Waals surface area contributed by atoms with Crippen LogP contribution in [-0.4, -0.2) is 5.11 Å². The predicted octanol–water partition coefficient (Wildman–Crippen LogP) is 2.58. The average molecular weight is 175 g/mol. The van der Waals surface area contributed by atoms with Crippen molar-refractivity contribution < 1.29 is 5.11 Å². The van der Waals surface area contributed by atoms with Gasteiger partial charge in [0.1, 0.15) is 5.75 Å². The Kier molecular flexibility index (Phi) is 2.57. The summed E-state index contributed by atoms with van der Waals surface area (Å²) < 4.78 is 0. The number of benzene rings is 1. The van der Waals surface area contributed by atoms with Gasteiger partial charge in [0.05, 0.1) is 11.5 Å². The van der Waals surface area contributed by atoms with Gasteiger partial charge in [0.2, 0.25) is 0 Å². The van der Waals surface area contributed by atoms with E-state index < -0.39 is 5.41 Å². The quantitative estimate of drug-likeness (QED) is 0.750. The molecule has 0 fully saturated rings. The maximum absolute atomic E-state index is 9.08. The first-order chi connectivity index (χ1) is 6.12. The number of hydrogen-bond donors (Lipinski definition) is 1. The highest BCUT2D eigenvalue weighted by atomic mass is 16.3. The van der Waals surface area contributed by atoms with Crippen molar-refractivity contribution in [2.24, 2.45) is 0 Å². The van der Waals surface area contributed by atoms with Gasteiger partial charge in [-0.1, -0.05) is 19.1 Å². The lowest BCUT2D eigenvalue weighted by Gasteiger charge is -2.19. The molecule has 1 aromatic rings. The van der Waals surface area contributed by atoms with Gasteiger partial charge < -0.3 is 5.11 Å². The Hall–Kier alpha value is -1.49. The highest BCUT2D eigenvalue weighted by Crippen LogP contribution is 2.27. The minimum Gasteiger partial charge on any atom is -0.508 e. The van der Waals surface area contributed by atoms with Crippen molar-refractivity contribution in [1.82, 2.24) is 0 Å². The molecule has 2 nitrogen and oxygen atoms in total. The monoisotopic (exact) mass is 175 g/mol. The summed E-state index contributed by atoms with van der Waals surface area (Å²) in [7, 11) is 0. The van der Waals surface area contributed by atoms with Crippen molar-refractivity contribution in [3.8, 4) is 11.8 Å². The van der Waals surface area contributed by atoms with E-state index in [0.717, 1.165) is 12.0 Å². The highest BCUT2D eigenvalue weighted by molar-refractivity contribution is 5.35. The molecule has 0 aromatic heterocycles. The average Bonchev–Trinajstić information content (AvgIpc) is 2.18. The molecule has 0 aliphatic carbocycles. The summed E-state index contributed by atoms with van der Waals surface area (Å²) in [5.41, 5.74) is 0.517. The van der Waals surface area contributed by atoms with Crippen molar-refractivity contribution in [2.45, 2.75) is 25.7 Å². The fourth-order valence-electron chi connectivity index (χ4n) is 1.18. The fourth-order valence-corrected chi connectivity index (χ4v) is 1.18. The number of aromatic hydroxyl groups is 1. The van der Waals surface area contributed by atoms with E-state index in [1.54, 1.807) is 24.3 Å². The maximum Gasteiger partial charge on any atom is 0.115 e. The zero-order chi connectivity index (χ0) is 9.90. The summed E-state index contributed by atoms with van der Waals surface area (Å²) in [5, 5.41) is 18.1. The third-order valence-corrected chi connectivity index (χ3v) is 2.46. The van der Waals surface area contributed by atoms with E-state index in [2.05, 4.69) is 6.07 Å². The van der Waals surface area contributed by atoms with E-state index in [4.69, 9.17) is 10.4 Å². The third kappa shape index (κ3) is 1.81. The molecule has 0 amide bonds. The van der Waals surface area contributed by atoms with Gasteiger partial charge in [-0.25, -0.2) is 0 Å². The largest absolute Gasteiger partial charge is 0.508 e. The Bertz CT molecular complexity index is 323. The van der Waals surface area contributed by atoms with Gasteiger partial charge in [-0.2, -0.15) is 5.26 Å². The lowest BCUT2D eigenvalue weighted by atomic mass is 9.82. The summed E-state index contributed by atoms with van der Waals surface area (Å²) in [6, 6.07) is 9.09. The number of phenolic OH excluding ortho intramolecular Hbond substituents is 1. The summed E-state index contributed by atoms with van der Waals surface area (Å²) >= 11 is 0. The molecule has 0 aliphatic heterocycles. The highest BCUT2D eigenvalue weighted by Gasteiger charge is 2.23. The van der Waals surface area contributed by atoms with Crippen molar-refractivity contribution in [3.63, 3.8) is 0 Å². The van der Waals surface area contributed by atoms with Crippen LogP contribution in [0.15, 0.2) is 24.3 Å². The molecule has 0 radical (unpaired) electrons. The lowest BCUT2D eigenvalue weighted by Crippen LogP contribution is -2.17. The second-order valence-corrected chi connectivity index (χ2v) is 3.34. The van der Waals surface area contributed by atoms with Gasteiger partial charge in [-0.05, 0) is 31.0 Å². The van der Waals surface area contributed by atoms with Crippen LogP contribution >= 0.6 is 0 Å². The Balaban J connectivity index is 3.08. The number of hydrogen-bond acceptors (Lipinski definition) is 2. The molecule has 1 N–H and O–H groups in total. The minimum atomic E-state index is -0.437. The van der Waals surface area contributed by atoms with E-state index in [9.17, 15) is 0 Å². The fraction of sp³-hybridized carbons (Fsp3) is 0.364. The zero-order valence-electron chi connectivity index (χ0n) is 7.91. The summed E-state index contributed by atoms with van der Waals surface area (Å²) in [4.78, 5) is 0. The number of nitrogens with zero attached hydrogens (tertiary/aromatic N) is 1. The van der Waals surface area contributed by atoms with Crippen molar-refractivity contribution in [2.75, 3.05) is 0 Å². The Morgan fingerprint density at radius 2 is 1.92 bits per heavy atom. The molecule has 0 saturated carbocycles. The smallest absolute Gasteiger partial charge is 0.115 e. The first kappa shape index (κ1) is 9.60. The topological polar surface area (TPSA) is 44.0 Å². The number of rotatable bonds is 2. The molecule has 1 unspecified atom stereocenters. The summed E-state index contributed by atoms with van der Waals surface area (Å²) in [6.45, 7) is 3.88. The molecule has 0 bridgehead atoms. The van der Waals surface area contributed by atoms with Crippen LogP contribution in [0.25, 0.3) is 0 Å². The third-order valence-electron chi connectivity index (χ3n) is 2.46. The Labute approximate surface area is 78.4 Å². The van der Waals surface area contributed by atoms with Crippen molar-refractivity contribution in [1.29, 1.82) is 5.26 Å². The predicted molar refractivity (Wildman–Crippen MR) is 51.4 cm³/mol. The van der Waals surface area contributed by atoms with Crippen LogP contribution in [0.3, 0.4) is 0 Å². The molecule has 13 heavy (non-hydrogen) atoms. The Morgan fingerprint density at radius 1 is 1.38 bits per heavy atom. The second kappa shape index (κ2) is 3.49. The first-order valence-electron chi connectivity index (χ1n) is 4.33. The van der Waals surface area contributed by atoms with Gasteiger partial charge in [-0.3, -0.25) is 0 Å². The van der Waals surface area contributed by atoms with Crippen LogP contribution in [0.1, 0.15) is 25.8 Å². The van der Waals surface area contributed by atoms with E-state index in [0.29, 0.717) is 0 Å². The Morgan fingerprint density at radius 3 is 2.31 bits per heavy atom.